The molecule has 0 spiro atoms. The van der Waals surface area contributed by atoms with Crippen LogP contribution >= 0.6 is 0 Å². The predicted octanol–water partition coefficient (Wildman–Crippen LogP) is 2.82. The van der Waals surface area contributed by atoms with Crippen molar-refractivity contribution in [1.29, 1.82) is 0 Å². The third-order valence-electron chi connectivity index (χ3n) is 2.34. The first-order chi connectivity index (χ1) is 6.13. The van der Waals surface area contributed by atoms with E-state index in [1.807, 2.05) is 0 Å². The smallest absolute Gasteiger partial charge is 0.255 e. The van der Waals surface area contributed by atoms with Gasteiger partial charge in [-0.25, -0.2) is 8.78 Å². The van der Waals surface area contributed by atoms with E-state index in [-0.39, 0.29) is 6.42 Å². The van der Waals surface area contributed by atoms with Crippen molar-refractivity contribution < 1.29 is 13.5 Å². The highest BCUT2D eigenvalue weighted by atomic mass is 19.3. The summed E-state index contributed by atoms with van der Waals surface area (Å²) in [6, 6.07) is 6.82. The number of hydrogen-bond donors (Lipinski definition) is 0. The minimum atomic E-state index is -2.48. The lowest BCUT2D eigenvalue weighted by Gasteiger charge is -2.01. The standard InChI is InChI=1S/C10H10F2O/c1-13-8-4-2-7(3-5-8)9-6-10(9,11)12/h2-5,9H,6H2,1H3/t9-/m0/s1. The molecule has 1 aromatic carbocycles. The zero-order valence-corrected chi connectivity index (χ0v) is 7.26. The zero-order chi connectivity index (χ0) is 9.47. The molecule has 1 aromatic rings. The molecule has 1 saturated carbocycles. The van der Waals surface area contributed by atoms with E-state index in [2.05, 4.69) is 0 Å². The minimum absolute atomic E-state index is 0.0146. The molecular formula is C10H10F2O. The van der Waals surface area contributed by atoms with Crippen LogP contribution in [0.25, 0.3) is 0 Å². The summed E-state index contributed by atoms with van der Waals surface area (Å²) in [6.45, 7) is 0. The zero-order valence-electron chi connectivity index (χ0n) is 7.26. The van der Waals surface area contributed by atoms with Crippen molar-refractivity contribution in [2.24, 2.45) is 0 Å². The van der Waals surface area contributed by atoms with Crippen LogP contribution in [0.1, 0.15) is 17.9 Å². The number of benzene rings is 1. The van der Waals surface area contributed by atoms with E-state index in [1.165, 1.54) is 0 Å². The van der Waals surface area contributed by atoms with Crippen LogP contribution in [0.2, 0.25) is 0 Å². The number of methoxy groups -OCH3 is 1. The topological polar surface area (TPSA) is 9.23 Å². The molecule has 1 atom stereocenters. The molecule has 0 amide bonds. The van der Waals surface area contributed by atoms with Gasteiger partial charge in [0.25, 0.3) is 5.92 Å². The van der Waals surface area contributed by atoms with E-state index < -0.39 is 11.8 Å². The second-order valence-corrected chi connectivity index (χ2v) is 3.29. The summed E-state index contributed by atoms with van der Waals surface area (Å²) in [4.78, 5) is 0. The molecule has 0 aromatic heterocycles. The summed E-state index contributed by atoms with van der Waals surface area (Å²) in [5.41, 5.74) is 0.700. The maximum absolute atomic E-state index is 12.6. The maximum atomic E-state index is 12.6. The highest BCUT2D eigenvalue weighted by molar-refractivity contribution is 5.34. The molecule has 0 aliphatic heterocycles. The minimum Gasteiger partial charge on any atom is -0.497 e. The molecule has 2 rings (SSSR count). The van der Waals surface area contributed by atoms with Crippen LogP contribution < -0.4 is 4.74 Å². The first kappa shape index (κ1) is 8.48. The molecule has 1 aliphatic carbocycles. The molecule has 1 nitrogen and oxygen atoms in total. The van der Waals surface area contributed by atoms with Gasteiger partial charge in [0.15, 0.2) is 0 Å². The Hall–Kier alpha value is -1.12. The number of halogens is 2. The Bertz CT molecular complexity index is 305. The van der Waals surface area contributed by atoms with E-state index in [0.29, 0.717) is 11.3 Å². The lowest BCUT2D eigenvalue weighted by molar-refractivity contribution is 0.112. The molecule has 0 heterocycles. The van der Waals surface area contributed by atoms with Crippen LogP contribution in [0.4, 0.5) is 8.78 Å². The molecule has 0 saturated heterocycles. The van der Waals surface area contributed by atoms with Crippen LogP contribution in [0.15, 0.2) is 24.3 Å². The van der Waals surface area contributed by atoms with Crippen LogP contribution in [0.5, 0.6) is 5.75 Å². The molecular weight excluding hydrogens is 174 g/mol. The van der Waals surface area contributed by atoms with Crippen LogP contribution in [0, 0.1) is 0 Å². The number of hydrogen-bond acceptors (Lipinski definition) is 1. The Kier molecular flexibility index (Phi) is 1.75. The highest BCUT2D eigenvalue weighted by Crippen LogP contribution is 2.55. The fraction of sp³-hybridized carbons (Fsp3) is 0.400. The molecule has 0 bridgehead atoms. The van der Waals surface area contributed by atoms with Gasteiger partial charge in [0.05, 0.1) is 13.0 Å². The van der Waals surface area contributed by atoms with Gasteiger partial charge in [-0.2, -0.15) is 0 Å². The van der Waals surface area contributed by atoms with Gasteiger partial charge < -0.3 is 4.74 Å². The van der Waals surface area contributed by atoms with Crippen LogP contribution in [-0.4, -0.2) is 13.0 Å². The van der Waals surface area contributed by atoms with Gasteiger partial charge in [0.1, 0.15) is 5.75 Å². The Morgan fingerprint density at radius 1 is 1.31 bits per heavy atom. The van der Waals surface area contributed by atoms with Crippen LogP contribution in [-0.2, 0) is 0 Å². The van der Waals surface area contributed by atoms with E-state index in [1.54, 1.807) is 31.4 Å². The van der Waals surface area contributed by atoms with Gasteiger partial charge in [-0.3, -0.25) is 0 Å². The second kappa shape index (κ2) is 2.69. The SMILES string of the molecule is COc1ccc([C@@H]2CC2(F)F)cc1. The van der Waals surface area contributed by atoms with Crippen molar-refractivity contribution >= 4 is 0 Å². The fourth-order valence-electron chi connectivity index (χ4n) is 1.41. The molecule has 70 valence electrons. The Morgan fingerprint density at radius 3 is 2.23 bits per heavy atom. The van der Waals surface area contributed by atoms with Crippen molar-refractivity contribution in [2.75, 3.05) is 7.11 Å². The predicted molar refractivity (Wildman–Crippen MR) is 45.3 cm³/mol. The van der Waals surface area contributed by atoms with Crippen molar-refractivity contribution in [2.45, 2.75) is 18.3 Å². The van der Waals surface area contributed by atoms with Gasteiger partial charge in [-0.15, -0.1) is 0 Å². The van der Waals surface area contributed by atoms with E-state index >= 15 is 0 Å². The van der Waals surface area contributed by atoms with Crippen LogP contribution in [0.3, 0.4) is 0 Å². The summed E-state index contributed by atoms with van der Waals surface area (Å²) in [5.74, 6) is -2.35. The van der Waals surface area contributed by atoms with Gasteiger partial charge >= 0.3 is 0 Å². The quantitative estimate of drug-likeness (QED) is 0.686. The highest BCUT2D eigenvalue weighted by Gasteiger charge is 2.57. The first-order valence-corrected chi connectivity index (χ1v) is 4.15. The first-order valence-electron chi connectivity index (χ1n) is 4.15. The average molecular weight is 184 g/mol. The normalized spacial score (nSPS) is 24.1. The monoisotopic (exact) mass is 184 g/mol. The van der Waals surface area contributed by atoms with Gasteiger partial charge in [0.2, 0.25) is 0 Å². The largest absolute Gasteiger partial charge is 0.497 e. The Morgan fingerprint density at radius 2 is 1.85 bits per heavy atom. The molecule has 1 aliphatic rings. The Labute approximate surface area is 75.3 Å². The van der Waals surface area contributed by atoms with Crippen molar-refractivity contribution in [1.82, 2.24) is 0 Å². The molecule has 0 radical (unpaired) electrons. The number of alkyl halides is 2. The summed E-state index contributed by atoms with van der Waals surface area (Å²) in [7, 11) is 1.56. The average Bonchev–Trinajstić information content (AvgIpc) is 2.76. The third kappa shape index (κ3) is 1.50. The molecule has 13 heavy (non-hydrogen) atoms. The summed E-state index contributed by atoms with van der Waals surface area (Å²) < 4.78 is 30.2. The molecule has 0 unspecified atom stereocenters. The lowest BCUT2D eigenvalue weighted by Crippen LogP contribution is -1.92. The van der Waals surface area contributed by atoms with Crippen molar-refractivity contribution in [3.8, 4) is 5.75 Å². The fourth-order valence-corrected chi connectivity index (χ4v) is 1.41. The van der Waals surface area contributed by atoms with Gasteiger partial charge in [-0.1, -0.05) is 12.1 Å². The second-order valence-electron chi connectivity index (χ2n) is 3.29. The lowest BCUT2D eigenvalue weighted by atomic mass is 10.1. The number of rotatable bonds is 2. The van der Waals surface area contributed by atoms with Crippen molar-refractivity contribution in [3.05, 3.63) is 29.8 Å². The van der Waals surface area contributed by atoms with E-state index in [0.717, 1.165) is 0 Å². The Balaban J connectivity index is 2.16. The molecule has 1 fully saturated rings. The summed E-state index contributed by atoms with van der Waals surface area (Å²) >= 11 is 0. The summed E-state index contributed by atoms with van der Waals surface area (Å²) in [6.07, 6.45) is -0.0146. The molecule has 3 heteroatoms. The number of ether oxygens (including phenoxy) is 1. The van der Waals surface area contributed by atoms with Crippen molar-refractivity contribution in [3.63, 3.8) is 0 Å². The third-order valence-corrected chi connectivity index (χ3v) is 2.34. The summed E-state index contributed by atoms with van der Waals surface area (Å²) in [5, 5.41) is 0. The van der Waals surface area contributed by atoms with E-state index in [4.69, 9.17) is 4.74 Å². The molecule has 0 N–H and O–H groups in total. The van der Waals surface area contributed by atoms with Gasteiger partial charge in [-0.05, 0) is 17.7 Å². The maximum Gasteiger partial charge on any atom is 0.255 e. The van der Waals surface area contributed by atoms with E-state index in [9.17, 15) is 8.78 Å². The van der Waals surface area contributed by atoms with Gasteiger partial charge in [0, 0.05) is 6.42 Å².